The summed E-state index contributed by atoms with van der Waals surface area (Å²) in [5, 5.41) is 13.2. The van der Waals surface area contributed by atoms with E-state index in [1.54, 1.807) is 0 Å². The Morgan fingerprint density at radius 3 is 2.52 bits per heavy atom. The maximum absolute atomic E-state index is 13.5. The minimum absolute atomic E-state index is 0.0756. The van der Waals surface area contributed by atoms with Crippen LogP contribution < -0.4 is 5.32 Å². The number of hydrogen-bond acceptors (Lipinski definition) is 5. The largest absolute Gasteiger partial charge is 0.449 e. The molecule has 1 atom stereocenters. The molecule has 0 radical (unpaired) electrons. The highest BCUT2D eigenvalue weighted by atomic mass is 19.1. The number of esters is 1. The number of amides is 1. The van der Waals surface area contributed by atoms with Gasteiger partial charge < -0.3 is 10.1 Å². The van der Waals surface area contributed by atoms with Gasteiger partial charge in [-0.1, -0.05) is 12.1 Å². The number of ether oxygens (including phenoxy) is 1. The van der Waals surface area contributed by atoms with Crippen molar-refractivity contribution in [3.05, 3.63) is 69.8 Å². The van der Waals surface area contributed by atoms with Crippen LogP contribution in [0.1, 0.15) is 17.3 Å². The molecule has 0 aliphatic carbocycles. The van der Waals surface area contributed by atoms with E-state index in [1.807, 2.05) is 0 Å². The number of anilines is 1. The summed E-state index contributed by atoms with van der Waals surface area (Å²) in [4.78, 5) is 34.1. The monoisotopic (exact) mass is 350 g/mol. The topological polar surface area (TPSA) is 98.5 Å². The van der Waals surface area contributed by atoms with Gasteiger partial charge in [-0.15, -0.1) is 0 Å². The number of rotatable bonds is 5. The lowest BCUT2D eigenvalue weighted by atomic mass is 10.2. The van der Waals surface area contributed by atoms with Gasteiger partial charge in [0.1, 0.15) is 17.3 Å². The predicted octanol–water partition coefficient (Wildman–Crippen LogP) is 3.06. The Morgan fingerprint density at radius 2 is 1.88 bits per heavy atom. The fourth-order valence-corrected chi connectivity index (χ4v) is 1.91. The molecule has 0 heterocycles. The summed E-state index contributed by atoms with van der Waals surface area (Å²) in [6.07, 6.45) is -1.36. The highest BCUT2D eigenvalue weighted by molar-refractivity contribution is 5.98. The number of nitro benzene ring substituents is 1. The molecular weight excluding hydrogens is 338 g/mol. The normalized spacial score (nSPS) is 11.5. The van der Waals surface area contributed by atoms with Gasteiger partial charge in [-0.2, -0.15) is 0 Å². The first kappa shape index (κ1) is 18.0. The standard InChI is InChI=1S/C16H12F2N2O5/c1-9(25-16(22)11-7-6-10(17)8-12(11)18)15(21)19-13-4-2-3-5-14(13)20(23)24/h2-9H,1H3,(H,19,21)/t9-/m1/s1. The number of nitro groups is 1. The van der Waals surface area contributed by atoms with Crippen LogP contribution in [0.15, 0.2) is 42.5 Å². The van der Waals surface area contributed by atoms with E-state index in [0.717, 1.165) is 12.1 Å². The zero-order chi connectivity index (χ0) is 18.6. The number of nitrogens with zero attached hydrogens (tertiary/aromatic N) is 1. The lowest BCUT2D eigenvalue weighted by Crippen LogP contribution is -2.30. The second-order valence-corrected chi connectivity index (χ2v) is 4.94. The van der Waals surface area contributed by atoms with E-state index in [4.69, 9.17) is 4.74 Å². The molecule has 7 nitrogen and oxygen atoms in total. The van der Waals surface area contributed by atoms with E-state index in [0.29, 0.717) is 6.07 Å². The molecule has 0 fully saturated rings. The Labute approximate surface area is 140 Å². The molecule has 1 amide bonds. The smallest absolute Gasteiger partial charge is 0.341 e. The number of para-hydroxylation sites is 2. The SMILES string of the molecule is C[C@@H](OC(=O)c1ccc(F)cc1F)C(=O)Nc1ccccc1[N+](=O)[O-]. The third-order valence-corrected chi connectivity index (χ3v) is 3.16. The second-order valence-electron chi connectivity index (χ2n) is 4.94. The van der Waals surface area contributed by atoms with Crippen LogP contribution in [0.3, 0.4) is 0 Å². The molecule has 130 valence electrons. The summed E-state index contributed by atoms with van der Waals surface area (Å²) in [6.45, 7) is 1.21. The molecule has 0 bridgehead atoms. The van der Waals surface area contributed by atoms with Gasteiger partial charge in [0.05, 0.1) is 10.5 Å². The Hall–Kier alpha value is -3.36. The van der Waals surface area contributed by atoms with Crippen molar-refractivity contribution in [2.45, 2.75) is 13.0 Å². The van der Waals surface area contributed by atoms with Crippen LogP contribution in [0.2, 0.25) is 0 Å². The molecule has 0 aromatic heterocycles. The molecule has 0 aliphatic heterocycles. The fraction of sp³-hybridized carbons (Fsp3) is 0.125. The van der Waals surface area contributed by atoms with Crippen molar-refractivity contribution >= 4 is 23.3 Å². The number of hydrogen-bond donors (Lipinski definition) is 1. The van der Waals surface area contributed by atoms with Gasteiger partial charge in [-0.25, -0.2) is 13.6 Å². The third-order valence-electron chi connectivity index (χ3n) is 3.16. The molecule has 0 saturated carbocycles. The summed E-state index contributed by atoms with van der Waals surface area (Å²) in [5.41, 5.74) is -0.945. The van der Waals surface area contributed by atoms with E-state index in [9.17, 15) is 28.5 Å². The minimum Gasteiger partial charge on any atom is -0.449 e. The number of carbonyl (C=O) groups excluding carboxylic acids is 2. The van der Waals surface area contributed by atoms with Crippen molar-refractivity contribution < 1.29 is 28.0 Å². The molecule has 0 aliphatic rings. The maximum atomic E-state index is 13.5. The lowest BCUT2D eigenvalue weighted by Gasteiger charge is -2.14. The number of nitrogens with one attached hydrogen (secondary N) is 1. The minimum atomic E-state index is -1.36. The van der Waals surface area contributed by atoms with E-state index in [2.05, 4.69) is 5.32 Å². The van der Waals surface area contributed by atoms with Crippen LogP contribution in [0.5, 0.6) is 0 Å². The van der Waals surface area contributed by atoms with E-state index in [1.165, 1.54) is 31.2 Å². The van der Waals surface area contributed by atoms with E-state index >= 15 is 0 Å². The molecule has 0 unspecified atom stereocenters. The second kappa shape index (κ2) is 7.47. The highest BCUT2D eigenvalue weighted by Gasteiger charge is 2.23. The van der Waals surface area contributed by atoms with Crippen LogP contribution in [-0.2, 0) is 9.53 Å². The molecular formula is C16H12F2N2O5. The van der Waals surface area contributed by atoms with Crippen LogP contribution in [0.4, 0.5) is 20.2 Å². The van der Waals surface area contributed by atoms with Crippen molar-refractivity contribution in [3.8, 4) is 0 Å². The molecule has 2 rings (SSSR count). The van der Waals surface area contributed by atoms with Gasteiger partial charge in [0.2, 0.25) is 0 Å². The fourth-order valence-electron chi connectivity index (χ4n) is 1.91. The van der Waals surface area contributed by atoms with Crippen LogP contribution in [0.25, 0.3) is 0 Å². The summed E-state index contributed by atoms with van der Waals surface area (Å²) < 4.78 is 31.2. The van der Waals surface area contributed by atoms with Gasteiger partial charge in [-0.05, 0) is 25.1 Å². The van der Waals surface area contributed by atoms with Crippen molar-refractivity contribution in [1.82, 2.24) is 0 Å². The Morgan fingerprint density at radius 1 is 1.20 bits per heavy atom. The maximum Gasteiger partial charge on any atom is 0.341 e. The quantitative estimate of drug-likeness (QED) is 0.508. The summed E-state index contributed by atoms with van der Waals surface area (Å²) in [6, 6.07) is 7.68. The number of halogens is 2. The van der Waals surface area contributed by atoms with Crippen molar-refractivity contribution in [2.75, 3.05) is 5.32 Å². The summed E-state index contributed by atoms with van der Waals surface area (Å²) in [7, 11) is 0. The van der Waals surface area contributed by atoms with E-state index < -0.39 is 40.1 Å². The van der Waals surface area contributed by atoms with Gasteiger partial charge >= 0.3 is 5.97 Å². The highest BCUT2D eigenvalue weighted by Crippen LogP contribution is 2.23. The first-order valence-electron chi connectivity index (χ1n) is 7.00. The first-order chi connectivity index (χ1) is 11.8. The zero-order valence-electron chi connectivity index (χ0n) is 12.9. The Balaban J connectivity index is 2.08. The first-order valence-corrected chi connectivity index (χ1v) is 7.00. The number of carbonyl (C=O) groups is 2. The molecule has 0 saturated heterocycles. The molecule has 1 N–H and O–H groups in total. The van der Waals surface area contributed by atoms with Crippen LogP contribution >= 0.6 is 0 Å². The molecule has 2 aromatic carbocycles. The summed E-state index contributed by atoms with van der Waals surface area (Å²) in [5.74, 6) is -4.00. The lowest BCUT2D eigenvalue weighted by molar-refractivity contribution is -0.383. The van der Waals surface area contributed by atoms with Gasteiger partial charge in [0.25, 0.3) is 11.6 Å². The van der Waals surface area contributed by atoms with Crippen molar-refractivity contribution in [1.29, 1.82) is 0 Å². The van der Waals surface area contributed by atoms with Crippen LogP contribution in [0, 0.1) is 21.7 Å². The zero-order valence-corrected chi connectivity index (χ0v) is 12.9. The van der Waals surface area contributed by atoms with Crippen LogP contribution in [-0.4, -0.2) is 22.9 Å². The Kier molecular flexibility index (Phi) is 5.38. The van der Waals surface area contributed by atoms with Gasteiger partial charge in [-0.3, -0.25) is 14.9 Å². The van der Waals surface area contributed by atoms with Gasteiger partial charge in [0.15, 0.2) is 6.10 Å². The van der Waals surface area contributed by atoms with E-state index in [-0.39, 0.29) is 11.4 Å². The van der Waals surface area contributed by atoms with Crippen molar-refractivity contribution in [3.63, 3.8) is 0 Å². The molecule has 9 heteroatoms. The van der Waals surface area contributed by atoms with Crippen molar-refractivity contribution in [2.24, 2.45) is 0 Å². The number of benzene rings is 2. The molecule has 2 aromatic rings. The molecule has 0 spiro atoms. The predicted molar refractivity (Wildman–Crippen MR) is 83.0 cm³/mol. The molecule has 25 heavy (non-hydrogen) atoms. The van der Waals surface area contributed by atoms with Gasteiger partial charge in [0, 0.05) is 12.1 Å². The summed E-state index contributed by atoms with van der Waals surface area (Å²) >= 11 is 0. The third kappa shape index (κ3) is 4.34. The Bertz CT molecular complexity index is 841. The average Bonchev–Trinajstić information content (AvgIpc) is 2.54. The average molecular weight is 350 g/mol.